The number of halogens is 2. The molecule has 4 aromatic rings. The van der Waals surface area contributed by atoms with Crippen molar-refractivity contribution >= 4 is 50.7 Å². The van der Waals surface area contributed by atoms with Gasteiger partial charge in [0.25, 0.3) is 10.0 Å². The van der Waals surface area contributed by atoms with Crippen LogP contribution < -0.4 is 14.4 Å². The highest BCUT2D eigenvalue weighted by Crippen LogP contribution is 2.32. The molecule has 0 heterocycles. The van der Waals surface area contributed by atoms with Gasteiger partial charge in [-0.2, -0.15) is 0 Å². The molecule has 1 fully saturated rings. The molecule has 0 bridgehead atoms. The molecule has 11 heteroatoms. The van der Waals surface area contributed by atoms with E-state index >= 15 is 0 Å². The molecule has 0 unspecified atom stereocenters. The molecule has 1 saturated carbocycles. The molecular formula is C37H39Cl2N3O5S. The van der Waals surface area contributed by atoms with Crippen LogP contribution in [0.5, 0.6) is 5.75 Å². The Bertz CT molecular complexity index is 1810. The molecular weight excluding hydrogens is 669 g/mol. The number of ether oxygens (including phenoxy) is 1. The van der Waals surface area contributed by atoms with Crippen LogP contribution in [0.3, 0.4) is 0 Å². The lowest BCUT2D eigenvalue weighted by molar-refractivity contribution is -0.140. The second-order valence-electron chi connectivity index (χ2n) is 12.0. The van der Waals surface area contributed by atoms with E-state index in [1.807, 2.05) is 37.3 Å². The van der Waals surface area contributed by atoms with Gasteiger partial charge >= 0.3 is 0 Å². The number of carbonyl (C=O) groups excluding carboxylic acids is 2. The second kappa shape index (κ2) is 15.9. The third-order valence-electron chi connectivity index (χ3n) is 8.55. The van der Waals surface area contributed by atoms with Crippen molar-refractivity contribution in [1.29, 1.82) is 0 Å². The predicted octanol–water partition coefficient (Wildman–Crippen LogP) is 7.20. The van der Waals surface area contributed by atoms with E-state index in [-0.39, 0.29) is 40.5 Å². The fraction of sp³-hybridized carbons (Fsp3) is 0.297. The summed E-state index contributed by atoms with van der Waals surface area (Å²) in [7, 11) is -2.81. The fourth-order valence-electron chi connectivity index (χ4n) is 5.88. The molecule has 0 saturated heterocycles. The Hall–Kier alpha value is -4.05. The van der Waals surface area contributed by atoms with E-state index in [1.54, 1.807) is 48.5 Å². The lowest BCUT2D eigenvalue weighted by Crippen LogP contribution is -2.54. The number of hydrogen-bond acceptors (Lipinski definition) is 5. The van der Waals surface area contributed by atoms with E-state index < -0.39 is 28.5 Å². The zero-order valence-corrected chi connectivity index (χ0v) is 29.3. The van der Waals surface area contributed by atoms with E-state index in [0.717, 1.165) is 46.7 Å². The second-order valence-corrected chi connectivity index (χ2v) is 14.7. The topological polar surface area (TPSA) is 96.0 Å². The summed E-state index contributed by atoms with van der Waals surface area (Å²) in [4.78, 5) is 30.3. The van der Waals surface area contributed by atoms with E-state index in [4.69, 9.17) is 27.9 Å². The number of carbonyl (C=O) groups is 2. The van der Waals surface area contributed by atoms with Crippen LogP contribution in [0.4, 0.5) is 5.69 Å². The number of anilines is 1. The van der Waals surface area contributed by atoms with Gasteiger partial charge in [0.2, 0.25) is 11.8 Å². The molecule has 1 atom stereocenters. The normalized spacial score (nSPS) is 13.9. The Kier molecular flexibility index (Phi) is 11.7. The first-order chi connectivity index (χ1) is 23.0. The summed E-state index contributed by atoms with van der Waals surface area (Å²) < 4.78 is 34.9. The third-order valence-corrected chi connectivity index (χ3v) is 10.9. The van der Waals surface area contributed by atoms with Crippen molar-refractivity contribution in [2.24, 2.45) is 0 Å². The number of nitrogens with zero attached hydrogens (tertiary/aromatic N) is 2. The van der Waals surface area contributed by atoms with Gasteiger partial charge in [0.15, 0.2) is 0 Å². The van der Waals surface area contributed by atoms with Crippen LogP contribution in [0.2, 0.25) is 10.0 Å². The minimum atomic E-state index is -4.27. The zero-order valence-electron chi connectivity index (χ0n) is 26.9. The highest BCUT2D eigenvalue weighted by molar-refractivity contribution is 7.92. The Morgan fingerprint density at radius 1 is 0.896 bits per heavy atom. The summed E-state index contributed by atoms with van der Waals surface area (Å²) in [6.45, 7) is 1.32. The molecule has 1 aliphatic carbocycles. The number of hydrogen-bond donors (Lipinski definition) is 1. The summed E-state index contributed by atoms with van der Waals surface area (Å²) >= 11 is 12.6. The number of rotatable bonds is 13. The van der Waals surface area contributed by atoms with Gasteiger partial charge in [-0.1, -0.05) is 96.2 Å². The average Bonchev–Trinajstić information content (AvgIpc) is 3.59. The van der Waals surface area contributed by atoms with Gasteiger partial charge in [-0.15, -0.1) is 0 Å². The van der Waals surface area contributed by atoms with Gasteiger partial charge in [-0.3, -0.25) is 13.9 Å². The van der Waals surface area contributed by atoms with Crippen molar-refractivity contribution in [2.45, 2.75) is 62.6 Å². The molecule has 1 aliphatic rings. The summed E-state index contributed by atoms with van der Waals surface area (Å²) in [6, 6.07) is 26.6. The molecule has 48 heavy (non-hydrogen) atoms. The van der Waals surface area contributed by atoms with Gasteiger partial charge in [0, 0.05) is 24.0 Å². The maximum absolute atomic E-state index is 14.7. The van der Waals surface area contributed by atoms with Crippen LogP contribution in [0.25, 0.3) is 0 Å². The molecule has 252 valence electrons. The number of aryl methyl sites for hydroxylation is 1. The molecule has 0 aliphatic heterocycles. The highest BCUT2D eigenvalue weighted by Gasteiger charge is 2.35. The van der Waals surface area contributed by atoms with E-state index in [9.17, 15) is 18.0 Å². The van der Waals surface area contributed by atoms with Crippen LogP contribution in [0.1, 0.15) is 42.4 Å². The molecule has 5 rings (SSSR count). The predicted molar refractivity (Wildman–Crippen MR) is 190 cm³/mol. The Balaban J connectivity index is 1.58. The molecule has 2 amide bonds. The van der Waals surface area contributed by atoms with E-state index in [1.165, 1.54) is 30.2 Å². The lowest BCUT2D eigenvalue weighted by atomic mass is 10.0. The Morgan fingerprint density at radius 2 is 1.56 bits per heavy atom. The van der Waals surface area contributed by atoms with Gasteiger partial charge in [0.05, 0.1) is 22.7 Å². The van der Waals surface area contributed by atoms with Crippen LogP contribution in [0, 0.1) is 6.92 Å². The first-order valence-electron chi connectivity index (χ1n) is 15.9. The SMILES string of the molecule is COc1ccc(N(CC(=O)N(Cc2ccc(Cl)cc2)[C@H](Cc2ccccc2)C(=O)NC2CCCC2)S(=O)(=O)c2ccc(C)cc2)cc1Cl. The largest absolute Gasteiger partial charge is 0.495 e. The van der Waals surface area contributed by atoms with Crippen molar-refractivity contribution < 1.29 is 22.7 Å². The first-order valence-corrected chi connectivity index (χ1v) is 18.1. The number of sulfonamides is 1. The molecule has 4 aromatic carbocycles. The van der Waals surface area contributed by atoms with Gasteiger partial charge in [0.1, 0.15) is 18.3 Å². The van der Waals surface area contributed by atoms with Crippen LogP contribution in [0.15, 0.2) is 102 Å². The summed E-state index contributed by atoms with van der Waals surface area (Å²) in [5, 5.41) is 3.89. The number of benzene rings is 4. The van der Waals surface area contributed by atoms with Crippen LogP contribution in [-0.2, 0) is 32.6 Å². The van der Waals surface area contributed by atoms with Gasteiger partial charge in [-0.25, -0.2) is 8.42 Å². The molecule has 0 radical (unpaired) electrons. The van der Waals surface area contributed by atoms with Crippen LogP contribution >= 0.6 is 23.2 Å². The monoisotopic (exact) mass is 707 g/mol. The number of amides is 2. The van der Waals surface area contributed by atoms with E-state index in [2.05, 4.69) is 5.32 Å². The van der Waals surface area contributed by atoms with Crippen molar-refractivity contribution in [2.75, 3.05) is 18.0 Å². The van der Waals surface area contributed by atoms with Crippen molar-refractivity contribution in [3.05, 3.63) is 124 Å². The minimum Gasteiger partial charge on any atom is -0.495 e. The van der Waals surface area contributed by atoms with E-state index in [0.29, 0.717) is 10.8 Å². The summed E-state index contributed by atoms with van der Waals surface area (Å²) in [5.41, 5.74) is 2.66. The average molecular weight is 709 g/mol. The van der Waals surface area contributed by atoms with Crippen molar-refractivity contribution in [3.63, 3.8) is 0 Å². The van der Waals surface area contributed by atoms with Crippen LogP contribution in [-0.4, -0.2) is 50.9 Å². The Labute approximate surface area is 292 Å². The smallest absolute Gasteiger partial charge is 0.264 e. The quantitative estimate of drug-likeness (QED) is 0.159. The van der Waals surface area contributed by atoms with Gasteiger partial charge in [-0.05, 0) is 73.4 Å². The molecule has 8 nitrogen and oxygen atoms in total. The number of nitrogens with one attached hydrogen (secondary N) is 1. The molecule has 1 N–H and O–H groups in total. The highest BCUT2D eigenvalue weighted by atomic mass is 35.5. The minimum absolute atomic E-state index is 0.0110. The molecule has 0 spiro atoms. The third kappa shape index (κ3) is 8.69. The Morgan fingerprint density at radius 3 is 2.19 bits per heavy atom. The van der Waals surface area contributed by atoms with Crippen molar-refractivity contribution in [3.8, 4) is 5.75 Å². The molecule has 0 aromatic heterocycles. The first kappa shape index (κ1) is 35.3. The maximum atomic E-state index is 14.7. The summed E-state index contributed by atoms with van der Waals surface area (Å²) in [5.74, 6) is -0.487. The standard InChI is InChI=1S/C37H39Cl2N3O5S/c1-26-12-19-32(20-13-26)48(45,46)42(31-18-21-35(47-2)33(39)23-31)25-36(43)41(24-28-14-16-29(38)17-15-28)34(22-27-8-4-3-5-9-27)37(44)40-30-10-6-7-11-30/h3-5,8-9,12-21,23,30,34H,6-7,10-11,22,24-25H2,1-2H3,(H,40,44)/t34-/m1/s1. The number of methoxy groups -OCH3 is 1. The summed E-state index contributed by atoms with van der Waals surface area (Å²) in [6.07, 6.45) is 4.03. The lowest BCUT2D eigenvalue weighted by Gasteiger charge is -2.34. The maximum Gasteiger partial charge on any atom is 0.264 e. The zero-order chi connectivity index (χ0) is 34.3. The fourth-order valence-corrected chi connectivity index (χ4v) is 7.67. The van der Waals surface area contributed by atoms with Gasteiger partial charge < -0.3 is 15.0 Å². The van der Waals surface area contributed by atoms with Crippen molar-refractivity contribution in [1.82, 2.24) is 10.2 Å².